The molecule has 3 rings (SSSR count). The summed E-state index contributed by atoms with van der Waals surface area (Å²) >= 11 is 6.76. The van der Waals surface area contributed by atoms with E-state index in [2.05, 4.69) is 16.2 Å². The van der Waals surface area contributed by atoms with Gasteiger partial charge in [-0.3, -0.25) is 15.6 Å². The van der Waals surface area contributed by atoms with E-state index in [4.69, 9.17) is 12.2 Å². The zero-order chi connectivity index (χ0) is 19.9. The quantitative estimate of drug-likeness (QED) is 0.248. The average Bonchev–Trinajstić information content (AvgIpc) is 3.16. The first-order valence-electron chi connectivity index (χ1n) is 8.53. The first-order valence-corrected chi connectivity index (χ1v) is 9.75. The Hall–Kier alpha value is -3.10. The summed E-state index contributed by atoms with van der Waals surface area (Å²) in [5.41, 5.74) is 7.09. The molecule has 0 radical (unpaired) electrons. The van der Waals surface area contributed by atoms with Crippen LogP contribution in [-0.4, -0.2) is 21.2 Å². The van der Waals surface area contributed by atoms with Crippen LogP contribution in [0.1, 0.15) is 12.0 Å². The maximum atomic E-state index is 11.9. The number of hydrazine groups is 1. The molecule has 2 aromatic carbocycles. The minimum atomic E-state index is -0.243. The predicted octanol–water partition coefficient (Wildman–Crippen LogP) is 3.78. The van der Waals surface area contributed by atoms with Gasteiger partial charge in [0.1, 0.15) is 0 Å². The molecular weight excluding hydrogens is 394 g/mol. The molecule has 8 heteroatoms. The van der Waals surface area contributed by atoms with Crippen LogP contribution in [0.5, 0.6) is 11.5 Å². The van der Waals surface area contributed by atoms with Gasteiger partial charge in [-0.2, -0.15) is 0 Å². The third-order valence-electron chi connectivity index (χ3n) is 3.90. The number of nitrogens with one attached hydrogen (secondary N) is 3. The number of benzene rings is 2. The summed E-state index contributed by atoms with van der Waals surface area (Å²) in [5, 5.41) is 23.0. The van der Waals surface area contributed by atoms with Gasteiger partial charge in [-0.1, -0.05) is 36.4 Å². The molecule has 1 heterocycles. The average molecular weight is 414 g/mol. The Morgan fingerprint density at radius 2 is 1.75 bits per heavy atom. The molecule has 6 nitrogen and oxygen atoms in total. The topological polar surface area (TPSA) is 93.6 Å². The van der Waals surface area contributed by atoms with Gasteiger partial charge in [-0.05, 0) is 54.0 Å². The van der Waals surface area contributed by atoms with Crippen molar-refractivity contribution in [1.82, 2.24) is 10.9 Å². The maximum absolute atomic E-state index is 11.9. The number of carbonyl (C=O) groups excluding carboxylic acids is 1. The van der Waals surface area contributed by atoms with E-state index in [-0.39, 0.29) is 28.9 Å². The van der Waals surface area contributed by atoms with E-state index in [1.54, 1.807) is 17.4 Å². The van der Waals surface area contributed by atoms with Crippen LogP contribution in [0, 0.1) is 0 Å². The predicted molar refractivity (Wildman–Crippen MR) is 115 cm³/mol. The molecule has 0 saturated heterocycles. The molecule has 0 bridgehead atoms. The fourth-order valence-corrected chi connectivity index (χ4v) is 3.62. The molecule has 0 spiro atoms. The van der Waals surface area contributed by atoms with E-state index in [1.807, 2.05) is 42.5 Å². The molecule has 144 valence electrons. The molecule has 0 aliphatic rings. The molecule has 1 aromatic heterocycles. The van der Waals surface area contributed by atoms with Crippen LogP contribution in [0.2, 0.25) is 0 Å². The van der Waals surface area contributed by atoms with Crippen LogP contribution in [0.15, 0.2) is 60.7 Å². The van der Waals surface area contributed by atoms with Crippen molar-refractivity contribution in [3.8, 4) is 21.9 Å². The normalized spacial score (nSPS) is 10.3. The number of phenols is 2. The Bertz CT molecular complexity index is 974. The van der Waals surface area contributed by atoms with Gasteiger partial charge in [0.05, 0.1) is 5.00 Å². The monoisotopic (exact) mass is 413 g/mol. The van der Waals surface area contributed by atoms with Crippen LogP contribution in [-0.2, 0) is 11.2 Å². The van der Waals surface area contributed by atoms with Crippen molar-refractivity contribution >= 4 is 39.6 Å². The number of anilines is 1. The summed E-state index contributed by atoms with van der Waals surface area (Å²) in [6.07, 6.45) is 0.629. The molecule has 3 aromatic rings. The summed E-state index contributed by atoms with van der Waals surface area (Å²) in [6.45, 7) is 0. The van der Waals surface area contributed by atoms with Gasteiger partial charge in [0.15, 0.2) is 16.6 Å². The van der Waals surface area contributed by atoms with E-state index < -0.39 is 0 Å². The highest BCUT2D eigenvalue weighted by Crippen LogP contribution is 2.31. The largest absolute Gasteiger partial charge is 0.504 e. The summed E-state index contributed by atoms with van der Waals surface area (Å²) in [5.74, 6) is -0.629. The third kappa shape index (κ3) is 5.45. The molecule has 0 unspecified atom stereocenters. The maximum Gasteiger partial charge on any atom is 0.238 e. The van der Waals surface area contributed by atoms with Crippen LogP contribution in [0.3, 0.4) is 0 Å². The second-order valence-corrected chi connectivity index (χ2v) is 7.47. The molecule has 28 heavy (non-hydrogen) atoms. The van der Waals surface area contributed by atoms with E-state index in [1.165, 1.54) is 12.1 Å². The molecule has 0 atom stereocenters. The number of hydrogen-bond donors (Lipinski definition) is 5. The van der Waals surface area contributed by atoms with Gasteiger partial charge in [0.25, 0.3) is 0 Å². The zero-order valence-corrected chi connectivity index (χ0v) is 16.4. The van der Waals surface area contributed by atoms with Crippen LogP contribution in [0.25, 0.3) is 10.4 Å². The lowest BCUT2D eigenvalue weighted by molar-refractivity contribution is -0.121. The highest BCUT2D eigenvalue weighted by atomic mass is 32.1. The summed E-state index contributed by atoms with van der Waals surface area (Å²) in [4.78, 5) is 13.1. The second-order valence-electron chi connectivity index (χ2n) is 5.98. The van der Waals surface area contributed by atoms with Crippen molar-refractivity contribution in [1.29, 1.82) is 0 Å². The first kappa shape index (κ1) is 19.7. The van der Waals surface area contributed by atoms with Crippen LogP contribution >= 0.6 is 23.6 Å². The Kier molecular flexibility index (Phi) is 6.46. The van der Waals surface area contributed by atoms with Crippen molar-refractivity contribution in [3.05, 3.63) is 66.2 Å². The zero-order valence-electron chi connectivity index (χ0n) is 14.8. The molecule has 5 N–H and O–H groups in total. The number of amides is 1. The molecule has 0 aliphatic heterocycles. The summed E-state index contributed by atoms with van der Waals surface area (Å²) in [7, 11) is 0. The van der Waals surface area contributed by atoms with Gasteiger partial charge in [0.2, 0.25) is 5.91 Å². The first-order chi connectivity index (χ1) is 13.5. The highest BCUT2D eigenvalue weighted by Gasteiger charge is 2.07. The number of aromatic hydroxyl groups is 2. The molecular formula is C20H19N3O3S2. The fourth-order valence-electron chi connectivity index (χ4n) is 2.48. The van der Waals surface area contributed by atoms with E-state index in [0.29, 0.717) is 6.42 Å². The number of rotatable bonds is 5. The van der Waals surface area contributed by atoms with Crippen molar-refractivity contribution in [2.75, 3.05) is 5.32 Å². The van der Waals surface area contributed by atoms with E-state index in [0.717, 1.165) is 21.0 Å². The number of carbonyl (C=O) groups is 1. The lowest BCUT2D eigenvalue weighted by Gasteiger charge is -2.10. The number of thiocarbonyl (C=S) groups is 1. The van der Waals surface area contributed by atoms with Crippen molar-refractivity contribution < 1.29 is 15.0 Å². The van der Waals surface area contributed by atoms with E-state index >= 15 is 0 Å². The fraction of sp³-hybridized carbons (Fsp3) is 0.100. The van der Waals surface area contributed by atoms with Gasteiger partial charge in [-0.25, -0.2) is 0 Å². The Morgan fingerprint density at radius 3 is 2.50 bits per heavy atom. The Labute approximate surface area is 171 Å². The minimum absolute atomic E-state index is 0.185. The Balaban J connectivity index is 1.43. The number of phenolic OH excluding ortho intramolecular Hbond substituents is 2. The number of hydrogen-bond acceptors (Lipinski definition) is 5. The molecule has 0 aliphatic carbocycles. The van der Waals surface area contributed by atoms with E-state index in [9.17, 15) is 15.0 Å². The summed E-state index contributed by atoms with van der Waals surface area (Å²) in [6, 6.07) is 18.5. The SMILES string of the molecule is O=C(CCc1ccc(O)c(O)c1)NNC(=S)Nc1ccc(-c2ccccc2)s1. The smallest absolute Gasteiger partial charge is 0.238 e. The molecule has 0 fully saturated rings. The van der Waals surface area contributed by atoms with Crippen LogP contribution in [0.4, 0.5) is 5.00 Å². The summed E-state index contributed by atoms with van der Waals surface area (Å²) < 4.78 is 0. The minimum Gasteiger partial charge on any atom is -0.504 e. The lowest BCUT2D eigenvalue weighted by atomic mass is 10.1. The van der Waals surface area contributed by atoms with Gasteiger partial charge >= 0.3 is 0 Å². The highest BCUT2D eigenvalue weighted by molar-refractivity contribution is 7.80. The number of thiophene rings is 1. The third-order valence-corrected chi connectivity index (χ3v) is 5.15. The Morgan fingerprint density at radius 1 is 0.964 bits per heavy atom. The van der Waals surface area contributed by atoms with Gasteiger partial charge < -0.3 is 15.5 Å². The lowest BCUT2D eigenvalue weighted by Crippen LogP contribution is -2.43. The van der Waals surface area contributed by atoms with Crippen molar-refractivity contribution in [3.63, 3.8) is 0 Å². The number of aryl methyl sites for hydroxylation is 1. The van der Waals surface area contributed by atoms with Gasteiger partial charge in [-0.15, -0.1) is 11.3 Å². The molecule has 1 amide bonds. The van der Waals surface area contributed by atoms with Crippen LogP contribution < -0.4 is 16.2 Å². The van der Waals surface area contributed by atoms with Gasteiger partial charge in [0, 0.05) is 11.3 Å². The standard InChI is InChI=1S/C20H19N3O3S2/c24-15-8-6-13(12-16(15)25)7-10-18(26)22-23-20(27)21-19-11-9-17(28-19)14-4-2-1-3-5-14/h1-6,8-9,11-12,24-25H,7,10H2,(H,22,26)(H2,21,23,27). The second kappa shape index (κ2) is 9.20. The van der Waals surface area contributed by atoms with Crippen molar-refractivity contribution in [2.24, 2.45) is 0 Å². The van der Waals surface area contributed by atoms with Crippen molar-refractivity contribution in [2.45, 2.75) is 12.8 Å². The molecule has 0 saturated carbocycles.